The van der Waals surface area contributed by atoms with Gasteiger partial charge in [-0.05, 0) is 24.3 Å². The maximum Gasteiger partial charge on any atom is 0.262 e. The number of anilines is 1. The number of amides is 1. The van der Waals surface area contributed by atoms with Crippen LogP contribution in [0.2, 0.25) is 5.15 Å². The van der Waals surface area contributed by atoms with Gasteiger partial charge in [0.15, 0.2) is 18.0 Å². The van der Waals surface area contributed by atoms with Crippen molar-refractivity contribution in [1.82, 2.24) is 4.98 Å². The summed E-state index contributed by atoms with van der Waals surface area (Å²) >= 11 is 5.82. The Hall–Kier alpha value is -2.40. The van der Waals surface area contributed by atoms with Gasteiger partial charge in [0.25, 0.3) is 5.91 Å². The summed E-state index contributed by atoms with van der Waals surface area (Å²) in [6.07, 6.45) is 2.19. The highest BCUT2D eigenvalue weighted by atomic mass is 35.5. The summed E-state index contributed by atoms with van der Waals surface area (Å²) in [5, 5.41) is 2.77. The molecular weight excluding hydrogens is 280 g/mol. The number of benzene rings is 1. The van der Waals surface area contributed by atoms with Crippen LogP contribution in [0.25, 0.3) is 0 Å². The predicted octanol–water partition coefficient (Wildman–Crippen LogP) is 2.57. The number of para-hydroxylation sites is 1. The van der Waals surface area contributed by atoms with E-state index in [0.29, 0.717) is 23.3 Å². The number of nitrogens with zero attached hydrogens (tertiary/aromatic N) is 1. The van der Waals surface area contributed by atoms with E-state index in [4.69, 9.17) is 16.3 Å². The molecule has 5 nitrogen and oxygen atoms in total. The molecule has 0 spiro atoms. The summed E-state index contributed by atoms with van der Waals surface area (Å²) in [5.41, 5.74) is 0.797. The second-order valence-corrected chi connectivity index (χ2v) is 4.19. The molecule has 2 rings (SSSR count). The molecule has 0 aliphatic carbocycles. The second kappa shape index (κ2) is 6.68. The predicted molar refractivity (Wildman–Crippen MR) is 75.2 cm³/mol. The molecule has 0 atom stereocenters. The standard InChI is InChI=1S/C14H11ClN2O3/c15-14-11(5-3-7-16-14)17-13(19)9-20-12-6-2-1-4-10(12)8-18/h1-8H,9H2,(H,17,19). The van der Waals surface area contributed by atoms with Crippen LogP contribution in [0.5, 0.6) is 5.75 Å². The van der Waals surface area contributed by atoms with Crippen molar-refractivity contribution in [2.24, 2.45) is 0 Å². The average molecular weight is 291 g/mol. The van der Waals surface area contributed by atoms with Gasteiger partial charge in [-0.2, -0.15) is 0 Å². The molecule has 1 aromatic heterocycles. The second-order valence-electron chi connectivity index (χ2n) is 3.83. The van der Waals surface area contributed by atoms with Crippen molar-refractivity contribution in [3.05, 3.63) is 53.3 Å². The normalized spacial score (nSPS) is 9.85. The Morgan fingerprint density at radius 1 is 1.30 bits per heavy atom. The van der Waals surface area contributed by atoms with E-state index >= 15 is 0 Å². The minimum atomic E-state index is -0.388. The number of carbonyl (C=O) groups is 2. The summed E-state index contributed by atoms with van der Waals surface area (Å²) < 4.78 is 5.30. The number of ether oxygens (including phenoxy) is 1. The Labute approximate surface area is 120 Å². The fourth-order valence-corrected chi connectivity index (χ4v) is 1.68. The third-order valence-corrected chi connectivity index (χ3v) is 2.74. The van der Waals surface area contributed by atoms with Gasteiger partial charge in [0.05, 0.1) is 11.3 Å². The molecule has 0 aliphatic heterocycles. The summed E-state index contributed by atoms with van der Waals surface area (Å²) in [5.74, 6) is -0.0319. The maximum absolute atomic E-state index is 11.7. The molecule has 6 heteroatoms. The molecule has 0 saturated carbocycles. The van der Waals surface area contributed by atoms with Crippen LogP contribution in [-0.2, 0) is 4.79 Å². The van der Waals surface area contributed by atoms with Crippen LogP contribution < -0.4 is 10.1 Å². The molecule has 0 unspecified atom stereocenters. The zero-order valence-corrected chi connectivity index (χ0v) is 11.1. The van der Waals surface area contributed by atoms with Crippen LogP contribution in [0.3, 0.4) is 0 Å². The van der Waals surface area contributed by atoms with Crippen molar-refractivity contribution in [1.29, 1.82) is 0 Å². The van der Waals surface area contributed by atoms with Crippen LogP contribution in [0, 0.1) is 0 Å². The van der Waals surface area contributed by atoms with Crippen LogP contribution in [0.4, 0.5) is 5.69 Å². The van der Waals surface area contributed by atoms with Crippen LogP contribution in [0.1, 0.15) is 10.4 Å². The highest BCUT2D eigenvalue weighted by molar-refractivity contribution is 6.32. The van der Waals surface area contributed by atoms with Crippen LogP contribution in [0.15, 0.2) is 42.6 Å². The fourth-order valence-electron chi connectivity index (χ4n) is 1.52. The molecule has 102 valence electrons. The van der Waals surface area contributed by atoms with E-state index in [1.165, 1.54) is 6.20 Å². The first-order valence-electron chi connectivity index (χ1n) is 5.78. The lowest BCUT2D eigenvalue weighted by Crippen LogP contribution is -2.20. The van der Waals surface area contributed by atoms with Gasteiger partial charge in [-0.25, -0.2) is 4.98 Å². The highest BCUT2D eigenvalue weighted by Crippen LogP contribution is 2.18. The topological polar surface area (TPSA) is 68.3 Å². The van der Waals surface area contributed by atoms with Crippen molar-refractivity contribution in [3.63, 3.8) is 0 Å². The summed E-state index contributed by atoms with van der Waals surface area (Å²) in [7, 11) is 0. The fraction of sp³-hybridized carbons (Fsp3) is 0.0714. The molecule has 20 heavy (non-hydrogen) atoms. The molecule has 1 N–H and O–H groups in total. The monoisotopic (exact) mass is 290 g/mol. The van der Waals surface area contributed by atoms with Gasteiger partial charge in [-0.15, -0.1) is 0 Å². The molecule has 1 heterocycles. The molecule has 0 bridgehead atoms. The lowest BCUT2D eigenvalue weighted by molar-refractivity contribution is -0.118. The van der Waals surface area contributed by atoms with E-state index in [-0.39, 0.29) is 17.7 Å². The third-order valence-electron chi connectivity index (χ3n) is 2.44. The number of carbonyl (C=O) groups excluding carboxylic acids is 2. The lowest BCUT2D eigenvalue weighted by Gasteiger charge is -2.09. The third kappa shape index (κ3) is 3.55. The van der Waals surface area contributed by atoms with Gasteiger partial charge in [-0.3, -0.25) is 9.59 Å². The number of hydrogen-bond acceptors (Lipinski definition) is 4. The molecular formula is C14H11ClN2O3. The van der Waals surface area contributed by atoms with Gasteiger partial charge in [0.1, 0.15) is 5.75 Å². The lowest BCUT2D eigenvalue weighted by atomic mass is 10.2. The zero-order chi connectivity index (χ0) is 14.4. The molecule has 1 aromatic carbocycles. The largest absolute Gasteiger partial charge is 0.483 e. The Bertz CT molecular complexity index is 631. The van der Waals surface area contributed by atoms with Gasteiger partial charge >= 0.3 is 0 Å². The molecule has 1 amide bonds. The zero-order valence-electron chi connectivity index (χ0n) is 10.4. The molecule has 0 fully saturated rings. The van der Waals surface area contributed by atoms with Crippen molar-refractivity contribution in [2.45, 2.75) is 0 Å². The van der Waals surface area contributed by atoms with Crippen molar-refractivity contribution in [3.8, 4) is 5.75 Å². The van der Waals surface area contributed by atoms with E-state index in [9.17, 15) is 9.59 Å². The minimum absolute atomic E-state index is 0.203. The molecule has 2 aromatic rings. The van der Waals surface area contributed by atoms with Crippen molar-refractivity contribution < 1.29 is 14.3 Å². The maximum atomic E-state index is 11.7. The van der Waals surface area contributed by atoms with Crippen LogP contribution >= 0.6 is 11.6 Å². The van der Waals surface area contributed by atoms with Gasteiger partial charge in [0, 0.05) is 6.20 Å². The Morgan fingerprint density at radius 3 is 2.85 bits per heavy atom. The molecule has 0 saturated heterocycles. The average Bonchev–Trinajstić information content (AvgIpc) is 2.48. The summed E-state index contributed by atoms with van der Waals surface area (Å²) in [4.78, 5) is 26.4. The van der Waals surface area contributed by atoms with E-state index in [2.05, 4.69) is 10.3 Å². The van der Waals surface area contributed by atoms with E-state index in [1.54, 1.807) is 36.4 Å². The Morgan fingerprint density at radius 2 is 2.10 bits per heavy atom. The number of hydrogen-bond donors (Lipinski definition) is 1. The Kier molecular flexibility index (Phi) is 4.68. The number of rotatable bonds is 5. The number of nitrogens with one attached hydrogen (secondary N) is 1. The van der Waals surface area contributed by atoms with E-state index < -0.39 is 0 Å². The molecule has 0 radical (unpaired) electrons. The quantitative estimate of drug-likeness (QED) is 0.679. The number of halogens is 1. The van der Waals surface area contributed by atoms with Gasteiger partial charge < -0.3 is 10.1 Å². The molecule has 0 aliphatic rings. The summed E-state index contributed by atoms with van der Waals surface area (Å²) in [6, 6.07) is 9.95. The summed E-state index contributed by atoms with van der Waals surface area (Å²) in [6.45, 7) is -0.226. The van der Waals surface area contributed by atoms with E-state index in [0.717, 1.165) is 0 Å². The number of pyridine rings is 1. The highest BCUT2D eigenvalue weighted by Gasteiger charge is 2.08. The minimum Gasteiger partial charge on any atom is -0.483 e. The van der Waals surface area contributed by atoms with Gasteiger partial charge in [-0.1, -0.05) is 23.7 Å². The number of aromatic nitrogens is 1. The van der Waals surface area contributed by atoms with Crippen LogP contribution in [-0.4, -0.2) is 23.8 Å². The smallest absolute Gasteiger partial charge is 0.262 e. The van der Waals surface area contributed by atoms with Gasteiger partial charge in [0.2, 0.25) is 0 Å². The first-order valence-corrected chi connectivity index (χ1v) is 6.16. The first kappa shape index (κ1) is 14.0. The van der Waals surface area contributed by atoms with Crippen molar-refractivity contribution in [2.75, 3.05) is 11.9 Å². The Balaban J connectivity index is 1.96. The van der Waals surface area contributed by atoms with Crippen molar-refractivity contribution >= 4 is 29.5 Å². The number of aldehydes is 1. The SMILES string of the molecule is O=Cc1ccccc1OCC(=O)Nc1cccnc1Cl. The first-order chi connectivity index (χ1) is 9.70. The van der Waals surface area contributed by atoms with E-state index in [1.807, 2.05) is 0 Å².